The van der Waals surface area contributed by atoms with Gasteiger partial charge in [-0.2, -0.15) is 0 Å². The molecule has 0 radical (unpaired) electrons. The van der Waals surface area contributed by atoms with E-state index in [0.717, 1.165) is 16.8 Å². The number of anilines is 2. The zero-order valence-electron chi connectivity index (χ0n) is 19.4. The van der Waals surface area contributed by atoms with Crippen molar-refractivity contribution in [2.24, 2.45) is 0 Å². The Labute approximate surface area is 205 Å². The number of halogens is 1. The van der Waals surface area contributed by atoms with Gasteiger partial charge in [0, 0.05) is 43.0 Å². The molecule has 34 heavy (non-hydrogen) atoms. The molecular weight excluding hydrogens is 450 g/mol. The monoisotopic (exact) mass is 477 g/mol. The highest BCUT2D eigenvalue weighted by atomic mass is 35.5. The van der Waals surface area contributed by atoms with Crippen LogP contribution in [0.1, 0.15) is 33.2 Å². The van der Waals surface area contributed by atoms with E-state index in [0.29, 0.717) is 54.8 Å². The van der Waals surface area contributed by atoms with Crippen LogP contribution in [-0.2, 0) is 0 Å². The summed E-state index contributed by atoms with van der Waals surface area (Å²) in [6, 6.07) is 20.2. The first-order chi connectivity index (χ1) is 16.5. The lowest BCUT2D eigenvalue weighted by Crippen LogP contribution is -2.49. The van der Waals surface area contributed by atoms with Crippen LogP contribution in [0.25, 0.3) is 0 Å². The number of amides is 2. The number of piperazine rings is 1. The number of ether oxygens (including phenoxy) is 1. The third-order valence-electron chi connectivity index (χ3n) is 5.90. The molecular formula is C27H28ClN3O3. The van der Waals surface area contributed by atoms with Crippen LogP contribution in [0.4, 0.5) is 11.4 Å². The predicted molar refractivity (Wildman–Crippen MR) is 136 cm³/mol. The first kappa shape index (κ1) is 23.6. The molecule has 7 heteroatoms. The summed E-state index contributed by atoms with van der Waals surface area (Å²) in [6.07, 6.45) is 0. The SMILES string of the molecule is CCOc1cccc(C(=O)Nc2ccc(N3CCN(C(=O)c4ccccc4C)CC3)c(Cl)c2)c1. The van der Waals surface area contributed by atoms with Crippen molar-refractivity contribution in [1.82, 2.24) is 4.90 Å². The second-order valence-corrected chi connectivity index (χ2v) is 8.58. The second-order valence-electron chi connectivity index (χ2n) is 8.18. The molecule has 4 rings (SSSR count). The molecule has 1 fully saturated rings. The van der Waals surface area contributed by atoms with Gasteiger partial charge in [-0.05, 0) is 61.9 Å². The highest BCUT2D eigenvalue weighted by Crippen LogP contribution is 2.30. The van der Waals surface area contributed by atoms with Crippen molar-refractivity contribution in [3.8, 4) is 5.75 Å². The highest BCUT2D eigenvalue weighted by Gasteiger charge is 2.24. The van der Waals surface area contributed by atoms with Crippen LogP contribution >= 0.6 is 11.6 Å². The van der Waals surface area contributed by atoms with Gasteiger partial charge in [-0.1, -0.05) is 35.9 Å². The molecule has 0 bridgehead atoms. The highest BCUT2D eigenvalue weighted by molar-refractivity contribution is 6.33. The molecule has 0 spiro atoms. The van der Waals surface area contributed by atoms with Crippen LogP contribution in [-0.4, -0.2) is 49.5 Å². The fourth-order valence-electron chi connectivity index (χ4n) is 4.07. The van der Waals surface area contributed by atoms with Crippen LogP contribution in [0.15, 0.2) is 66.7 Å². The van der Waals surface area contributed by atoms with Gasteiger partial charge in [-0.25, -0.2) is 0 Å². The molecule has 3 aromatic rings. The number of benzene rings is 3. The Morgan fingerprint density at radius 3 is 2.44 bits per heavy atom. The minimum absolute atomic E-state index is 0.0651. The van der Waals surface area contributed by atoms with E-state index in [4.69, 9.17) is 16.3 Å². The van der Waals surface area contributed by atoms with Gasteiger partial charge in [0.1, 0.15) is 5.75 Å². The van der Waals surface area contributed by atoms with E-state index < -0.39 is 0 Å². The van der Waals surface area contributed by atoms with E-state index >= 15 is 0 Å². The summed E-state index contributed by atoms with van der Waals surface area (Å²) in [6.45, 7) is 7.02. The smallest absolute Gasteiger partial charge is 0.255 e. The second kappa shape index (κ2) is 10.6. The molecule has 1 heterocycles. The van der Waals surface area contributed by atoms with Gasteiger partial charge in [0.15, 0.2) is 0 Å². The molecule has 0 aliphatic carbocycles. The normalized spacial score (nSPS) is 13.5. The van der Waals surface area contributed by atoms with Gasteiger partial charge in [-0.15, -0.1) is 0 Å². The predicted octanol–water partition coefficient (Wildman–Crippen LogP) is 5.26. The summed E-state index contributed by atoms with van der Waals surface area (Å²) >= 11 is 6.58. The average Bonchev–Trinajstić information content (AvgIpc) is 2.85. The van der Waals surface area contributed by atoms with Gasteiger partial charge in [-0.3, -0.25) is 9.59 Å². The van der Waals surface area contributed by atoms with E-state index in [1.807, 2.05) is 61.2 Å². The van der Waals surface area contributed by atoms with Crippen molar-refractivity contribution in [3.63, 3.8) is 0 Å². The zero-order chi connectivity index (χ0) is 24.1. The number of hydrogen-bond donors (Lipinski definition) is 1. The number of carbonyl (C=O) groups excluding carboxylic acids is 2. The summed E-state index contributed by atoms with van der Waals surface area (Å²) < 4.78 is 5.47. The van der Waals surface area contributed by atoms with E-state index in [2.05, 4.69) is 10.2 Å². The lowest BCUT2D eigenvalue weighted by molar-refractivity contribution is 0.0746. The molecule has 0 aromatic heterocycles. The summed E-state index contributed by atoms with van der Waals surface area (Å²) in [5, 5.41) is 3.45. The number of carbonyl (C=O) groups is 2. The molecule has 1 saturated heterocycles. The minimum Gasteiger partial charge on any atom is -0.494 e. The maximum absolute atomic E-state index is 12.9. The van der Waals surface area contributed by atoms with Gasteiger partial charge < -0.3 is 19.9 Å². The third-order valence-corrected chi connectivity index (χ3v) is 6.20. The average molecular weight is 478 g/mol. The fourth-order valence-corrected chi connectivity index (χ4v) is 4.37. The Kier molecular flexibility index (Phi) is 7.38. The maximum Gasteiger partial charge on any atom is 0.255 e. The van der Waals surface area contributed by atoms with Crippen molar-refractivity contribution < 1.29 is 14.3 Å². The van der Waals surface area contributed by atoms with Crippen LogP contribution < -0.4 is 15.0 Å². The van der Waals surface area contributed by atoms with E-state index in [1.54, 1.807) is 24.3 Å². The molecule has 0 atom stereocenters. The summed E-state index contributed by atoms with van der Waals surface area (Å²) in [5.41, 5.74) is 3.76. The third kappa shape index (κ3) is 5.34. The maximum atomic E-state index is 12.9. The Balaban J connectivity index is 1.38. The molecule has 1 N–H and O–H groups in total. The molecule has 1 aliphatic rings. The quantitative estimate of drug-likeness (QED) is 0.526. The van der Waals surface area contributed by atoms with Gasteiger partial charge in [0.2, 0.25) is 0 Å². The standard InChI is InChI=1S/C27H28ClN3O3/c1-3-34-22-9-6-8-20(17-22)26(32)29-21-11-12-25(24(28)18-21)30-13-15-31(16-14-30)27(33)23-10-5-4-7-19(23)2/h4-12,17-18H,3,13-16H2,1-2H3,(H,29,32). The Hall–Kier alpha value is -3.51. The summed E-state index contributed by atoms with van der Waals surface area (Å²) in [5.74, 6) is 0.493. The molecule has 1 aliphatic heterocycles. The molecule has 0 unspecified atom stereocenters. The summed E-state index contributed by atoms with van der Waals surface area (Å²) in [4.78, 5) is 29.6. The summed E-state index contributed by atoms with van der Waals surface area (Å²) in [7, 11) is 0. The van der Waals surface area contributed by atoms with Crippen LogP contribution in [0.2, 0.25) is 5.02 Å². The van der Waals surface area contributed by atoms with Crippen LogP contribution in [0, 0.1) is 6.92 Å². The number of hydrogen-bond acceptors (Lipinski definition) is 4. The number of nitrogens with zero attached hydrogens (tertiary/aromatic N) is 2. The fraction of sp³-hybridized carbons (Fsp3) is 0.259. The molecule has 6 nitrogen and oxygen atoms in total. The van der Waals surface area contributed by atoms with Crippen molar-refractivity contribution in [1.29, 1.82) is 0 Å². The van der Waals surface area contributed by atoms with Gasteiger partial charge in [0.25, 0.3) is 11.8 Å². The lowest BCUT2D eigenvalue weighted by Gasteiger charge is -2.36. The van der Waals surface area contributed by atoms with Gasteiger partial charge in [0.05, 0.1) is 17.3 Å². The van der Waals surface area contributed by atoms with Crippen molar-refractivity contribution in [2.75, 3.05) is 43.0 Å². The molecule has 3 aromatic carbocycles. The molecule has 0 saturated carbocycles. The lowest BCUT2D eigenvalue weighted by atomic mass is 10.1. The zero-order valence-corrected chi connectivity index (χ0v) is 20.1. The first-order valence-corrected chi connectivity index (χ1v) is 11.8. The van der Waals surface area contributed by atoms with E-state index in [1.165, 1.54) is 0 Å². The van der Waals surface area contributed by atoms with E-state index in [-0.39, 0.29) is 11.8 Å². The Morgan fingerprint density at radius 2 is 1.74 bits per heavy atom. The first-order valence-electron chi connectivity index (χ1n) is 11.4. The Bertz CT molecular complexity index is 1190. The van der Waals surface area contributed by atoms with Crippen molar-refractivity contribution in [2.45, 2.75) is 13.8 Å². The Morgan fingerprint density at radius 1 is 0.971 bits per heavy atom. The van der Waals surface area contributed by atoms with Crippen molar-refractivity contribution >= 4 is 34.8 Å². The minimum atomic E-state index is -0.228. The van der Waals surface area contributed by atoms with E-state index in [9.17, 15) is 9.59 Å². The topological polar surface area (TPSA) is 61.9 Å². The van der Waals surface area contributed by atoms with Crippen LogP contribution in [0.5, 0.6) is 5.75 Å². The molecule has 176 valence electrons. The van der Waals surface area contributed by atoms with Gasteiger partial charge >= 0.3 is 0 Å². The van der Waals surface area contributed by atoms with Crippen molar-refractivity contribution in [3.05, 3.63) is 88.4 Å². The number of nitrogens with one attached hydrogen (secondary N) is 1. The molecule has 2 amide bonds. The van der Waals surface area contributed by atoms with Crippen LogP contribution in [0.3, 0.4) is 0 Å². The number of aryl methyl sites for hydroxylation is 1. The number of rotatable bonds is 6. The largest absolute Gasteiger partial charge is 0.494 e.